The van der Waals surface area contributed by atoms with E-state index in [2.05, 4.69) is 28.3 Å². The molecule has 2 N–H and O–H groups in total. The second-order valence-electron chi connectivity index (χ2n) is 2.31. The van der Waals surface area contributed by atoms with Crippen LogP contribution in [0.2, 0.25) is 0 Å². The van der Waals surface area contributed by atoms with E-state index in [1.807, 2.05) is 0 Å². The first kappa shape index (κ1) is 11.8. The van der Waals surface area contributed by atoms with Crippen molar-refractivity contribution in [1.82, 2.24) is 10.6 Å². The third-order valence-electron chi connectivity index (χ3n) is 1.23. The van der Waals surface area contributed by atoms with Crippen LogP contribution in [0.25, 0.3) is 0 Å². The highest BCUT2D eigenvalue weighted by Gasteiger charge is 2.14. The van der Waals surface area contributed by atoms with E-state index in [1.54, 1.807) is 6.92 Å². The lowest BCUT2D eigenvalue weighted by Gasteiger charge is -2.06. The first-order valence-corrected chi connectivity index (χ1v) is 3.99. The van der Waals surface area contributed by atoms with E-state index in [1.165, 1.54) is 0 Å². The molecule has 6 heteroatoms. The zero-order valence-electron chi connectivity index (χ0n) is 6.70. The molecular weight excluding hydrogens is 242 g/mol. The molecule has 0 radical (unpaired) electrons. The van der Waals surface area contributed by atoms with Crippen LogP contribution in [0.5, 0.6) is 0 Å². The Bertz CT molecular complexity index is 195. The minimum atomic E-state index is -0.176. The summed E-state index contributed by atoms with van der Waals surface area (Å²) in [4.78, 5) is 15.1. The average Bonchev–Trinajstić information content (AvgIpc) is 2.35. The minimum Gasteiger partial charge on any atom is -0.364 e. The number of carbonyl (C=O) groups is 1. The van der Waals surface area contributed by atoms with Gasteiger partial charge in [0.25, 0.3) is 5.91 Å². The number of nitrogens with zero attached hydrogens (tertiary/aromatic N) is 1. The zero-order valence-corrected chi connectivity index (χ0v) is 9.31. The third-order valence-corrected chi connectivity index (χ3v) is 1.36. The predicted molar refractivity (Wildman–Crippen MR) is 57.2 cm³/mol. The Morgan fingerprint density at radius 3 is 2.92 bits per heavy atom. The van der Waals surface area contributed by atoms with E-state index in [0.29, 0.717) is 12.4 Å². The van der Waals surface area contributed by atoms with Crippen molar-refractivity contribution >= 4 is 41.4 Å². The highest BCUT2D eigenvalue weighted by atomic mass is 79.9. The van der Waals surface area contributed by atoms with Gasteiger partial charge in [0.15, 0.2) is 5.84 Å². The lowest BCUT2D eigenvalue weighted by molar-refractivity contribution is -0.115. The van der Waals surface area contributed by atoms with Crippen LogP contribution in [-0.4, -0.2) is 30.2 Å². The van der Waals surface area contributed by atoms with Gasteiger partial charge in [-0.15, -0.1) is 17.0 Å². The standard InChI is InChI=1S/C6H11N3OS.BrH/c1-4(11)9-6(10)5-7-2-3-8-5;/h4,11H,2-3H2,1H3,(H,7,8)(H,9,10);1H. The van der Waals surface area contributed by atoms with Crippen LogP contribution in [0.15, 0.2) is 4.99 Å². The summed E-state index contributed by atoms with van der Waals surface area (Å²) in [5.74, 6) is 0.246. The Hall–Kier alpha value is -0.230. The number of amides is 1. The normalized spacial score (nSPS) is 17.0. The molecule has 1 aliphatic heterocycles. The van der Waals surface area contributed by atoms with Gasteiger partial charge in [-0.3, -0.25) is 9.79 Å². The summed E-state index contributed by atoms with van der Waals surface area (Å²) in [5.41, 5.74) is 0. The van der Waals surface area contributed by atoms with Crippen molar-refractivity contribution in [1.29, 1.82) is 0 Å². The molecule has 0 bridgehead atoms. The smallest absolute Gasteiger partial charge is 0.287 e. The summed E-state index contributed by atoms with van der Waals surface area (Å²) in [6.45, 7) is 3.23. The molecule has 0 spiro atoms. The highest BCUT2D eigenvalue weighted by Crippen LogP contribution is 1.89. The van der Waals surface area contributed by atoms with Crippen molar-refractivity contribution in [3.63, 3.8) is 0 Å². The van der Waals surface area contributed by atoms with Gasteiger partial charge in [0, 0.05) is 6.54 Å². The lowest BCUT2D eigenvalue weighted by atomic mass is 10.5. The summed E-state index contributed by atoms with van der Waals surface area (Å²) >= 11 is 4.02. The molecule has 1 amide bonds. The zero-order chi connectivity index (χ0) is 8.27. The van der Waals surface area contributed by atoms with E-state index in [9.17, 15) is 4.79 Å². The Morgan fingerprint density at radius 2 is 2.50 bits per heavy atom. The van der Waals surface area contributed by atoms with Crippen molar-refractivity contribution in [2.75, 3.05) is 13.1 Å². The molecule has 1 unspecified atom stereocenters. The first-order valence-electron chi connectivity index (χ1n) is 3.47. The lowest BCUT2D eigenvalue weighted by Crippen LogP contribution is -2.40. The second-order valence-corrected chi connectivity index (χ2v) is 3.08. The largest absolute Gasteiger partial charge is 0.364 e. The number of hydrogen-bond acceptors (Lipinski definition) is 4. The number of aliphatic imine (C=N–C) groups is 1. The van der Waals surface area contributed by atoms with Gasteiger partial charge in [-0.25, -0.2) is 0 Å². The van der Waals surface area contributed by atoms with Gasteiger partial charge in [0.1, 0.15) is 0 Å². The highest BCUT2D eigenvalue weighted by molar-refractivity contribution is 8.93. The van der Waals surface area contributed by atoms with Crippen LogP contribution >= 0.6 is 29.6 Å². The van der Waals surface area contributed by atoms with Gasteiger partial charge in [-0.1, -0.05) is 0 Å². The number of amidine groups is 1. The molecular formula is C6H12BrN3OS. The number of thiol groups is 1. The maximum Gasteiger partial charge on any atom is 0.287 e. The summed E-state index contributed by atoms with van der Waals surface area (Å²) < 4.78 is 0. The van der Waals surface area contributed by atoms with Crippen LogP contribution in [-0.2, 0) is 4.79 Å². The monoisotopic (exact) mass is 253 g/mol. The predicted octanol–water partition coefficient (Wildman–Crippen LogP) is -0.0420. The maximum absolute atomic E-state index is 11.1. The topological polar surface area (TPSA) is 53.5 Å². The van der Waals surface area contributed by atoms with Gasteiger partial charge in [0.05, 0.1) is 11.9 Å². The molecule has 70 valence electrons. The molecule has 4 nitrogen and oxygen atoms in total. The summed E-state index contributed by atoms with van der Waals surface area (Å²) in [6, 6.07) is 0. The number of rotatable bonds is 2. The van der Waals surface area contributed by atoms with E-state index < -0.39 is 0 Å². The Balaban J connectivity index is 0.00000121. The van der Waals surface area contributed by atoms with Crippen LogP contribution in [0.1, 0.15) is 6.92 Å². The van der Waals surface area contributed by atoms with Crippen molar-refractivity contribution in [3.05, 3.63) is 0 Å². The van der Waals surface area contributed by atoms with Gasteiger partial charge >= 0.3 is 0 Å². The summed E-state index contributed by atoms with van der Waals surface area (Å²) in [7, 11) is 0. The molecule has 1 atom stereocenters. The van der Waals surface area contributed by atoms with E-state index in [0.717, 1.165) is 6.54 Å². The van der Waals surface area contributed by atoms with Gasteiger partial charge in [-0.2, -0.15) is 12.6 Å². The van der Waals surface area contributed by atoms with Crippen LogP contribution in [0, 0.1) is 0 Å². The first-order chi connectivity index (χ1) is 5.20. The van der Waals surface area contributed by atoms with E-state index in [4.69, 9.17) is 0 Å². The molecule has 0 saturated carbocycles. The molecule has 0 saturated heterocycles. The molecule has 0 aliphatic carbocycles. The molecule has 0 aromatic heterocycles. The Morgan fingerprint density at radius 1 is 1.83 bits per heavy atom. The minimum absolute atomic E-state index is 0. The number of halogens is 1. The van der Waals surface area contributed by atoms with Crippen LogP contribution in [0.4, 0.5) is 0 Å². The summed E-state index contributed by atoms with van der Waals surface area (Å²) in [6.07, 6.45) is 0. The number of hydrogen-bond donors (Lipinski definition) is 3. The SMILES string of the molecule is Br.CC(S)NC(=O)C1=NCCN1. The third kappa shape index (κ3) is 3.44. The quantitative estimate of drug-likeness (QED) is 0.478. The Labute approximate surface area is 87.4 Å². The molecule has 1 aliphatic rings. The van der Waals surface area contributed by atoms with E-state index in [-0.39, 0.29) is 28.3 Å². The molecule has 1 rings (SSSR count). The fourth-order valence-electron chi connectivity index (χ4n) is 0.808. The Kier molecular flexibility index (Phi) is 5.32. The van der Waals surface area contributed by atoms with Crippen molar-refractivity contribution in [2.24, 2.45) is 4.99 Å². The molecule has 0 aromatic rings. The van der Waals surface area contributed by atoms with Crippen molar-refractivity contribution < 1.29 is 4.79 Å². The molecule has 0 fully saturated rings. The second kappa shape index (κ2) is 5.42. The maximum atomic E-state index is 11.1. The van der Waals surface area contributed by atoms with Crippen molar-refractivity contribution in [2.45, 2.75) is 12.3 Å². The average molecular weight is 254 g/mol. The molecule has 12 heavy (non-hydrogen) atoms. The fraction of sp³-hybridized carbons (Fsp3) is 0.667. The van der Waals surface area contributed by atoms with Gasteiger partial charge in [-0.05, 0) is 6.92 Å². The fourth-order valence-corrected chi connectivity index (χ4v) is 0.925. The number of carbonyl (C=O) groups excluding carboxylic acids is 1. The molecule has 0 aromatic carbocycles. The van der Waals surface area contributed by atoms with Crippen LogP contribution < -0.4 is 10.6 Å². The summed E-state index contributed by atoms with van der Waals surface area (Å²) in [5, 5.41) is 5.35. The van der Waals surface area contributed by atoms with Gasteiger partial charge in [0.2, 0.25) is 0 Å². The van der Waals surface area contributed by atoms with Gasteiger partial charge < -0.3 is 10.6 Å². The van der Waals surface area contributed by atoms with E-state index >= 15 is 0 Å². The van der Waals surface area contributed by atoms with Crippen LogP contribution in [0.3, 0.4) is 0 Å². The molecule has 1 heterocycles. The number of nitrogens with one attached hydrogen (secondary N) is 2. The van der Waals surface area contributed by atoms with Crippen molar-refractivity contribution in [3.8, 4) is 0 Å².